The molecule has 0 spiro atoms. The third-order valence-corrected chi connectivity index (χ3v) is 6.01. The molecule has 31 heavy (non-hydrogen) atoms. The van der Waals surface area contributed by atoms with Crippen LogP contribution in [0, 0.1) is 16.7 Å². The molecular weight excluding hydrogens is 412 g/mol. The molecule has 0 aromatic heterocycles. The highest BCUT2D eigenvalue weighted by atomic mass is 35.5. The number of hydrogen-bond donors (Lipinski definition) is 1. The SMILES string of the molecule is CC1(C)CC(=O)C2=C(C1)OC(N)=C(C#N)[C@H]2c1ccc(OCc2ccccc2Cl)cc1. The first-order valence-corrected chi connectivity index (χ1v) is 10.5. The van der Waals surface area contributed by atoms with Crippen LogP contribution >= 0.6 is 11.6 Å². The number of halogens is 1. The maximum Gasteiger partial charge on any atom is 0.205 e. The van der Waals surface area contributed by atoms with Crippen molar-refractivity contribution in [3.63, 3.8) is 0 Å². The first-order chi connectivity index (χ1) is 14.8. The topological polar surface area (TPSA) is 85.3 Å². The zero-order valence-electron chi connectivity index (χ0n) is 17.4. The molecule has 0 fully saturated rings. The van der Waals surface area contributed by atoms with E-state index < -0.39 is 5.92 Å². The average molecular weight is 435 g/mol. The van der Waals surface area contributed by atoms with E-state index in [2.05, 4.69) is 6.07 Å². The fraction of sp³-hybridized carbons (Fsp3) is 0.280. The van der Waals surface area contributed by atoms with Gasteiger partial charge in [0, 0.05) is 29.0 Å². The zero-order chi connectivity index (χ0) is 22.2. The molecule has 0 amide bonds. The number of nitriles is 1. The van der Waals surface area contributed by atoms with Crippen LogP contribution < -0.4 is 10.5 Å². The Bertz CT molecular complexity index is 1140. The quantitative estimate of drug-likeness (QED) is 0.699. The van der Waals surface area contributed by atoms with Gasteiger partial charge in [0.05, 0.1) is 5.92 Å². The number of nitrogens with zero attached hydrogens (tertiary/aromatic N) is 1. The first kappa shape index (κ1) is 21.0. The Balaban J connectivity index is 1.63. The molecule has 0 saturated carbocycles. The second-order valence-electron chi connectivity index (χ2n) is 8.65. The number of Topliss-reactive ketones (excluding diaryl/α,β-unsaturated/α-hetero) is 1. The summed E-state index contributed by atoms with van der Waals surface area (Å²) >= 11 is 6.19. The van der Waals surface area contributed by atoms with Crippen molar-refractivity contribution < 1.29 is 14.3 Å². The van der Waals surface area contributed by atoms with Crippen LogP contribution in [0.25, 0.3) is 0 Å². The largest absolute Gasteiger partial charge is 0.489 e. The lowest BCUT2D eigenvalue weighted by Gasteiger charge is -2.37. The van der Waals surface area contributed by atoms with Gasteiger partial charge in [0.15, 0.2) is 5.78 Å². The van der Waals surface area contributed by atoms with E-state index >= 15 is 0 Å². The highest BCUT2D eigenvalue weighted by molar-refractivity contribution is 6.31. The number of ether oxygens (including phenoxy) is 2. The van der Waals surface area contributed by atoms with E-state index in [4.69, 9.17) is 26.8 Å². The van der Waals surface area contributed by atoms with Crippen LogP contribution in [0.15, 0.2) is 71.3 Å². The van der Waals surface area contributed by atoms with Crippen molar-refractivity contribution in [1.82, 2.24) is 0 Å². The molecular formula is C25H23ClN2O3. The summed E-state index contributed by atoms with van der Waals surface area (Å²) in [6, 6.07) is 17.0. The van der Waals surface area contributed by atoms with Gasteiger partial charge in [0.1, 0.15) is 29.8 Å². The molecule has 1 atom stereocenters. The lowest BCUT2D eigenvalue weighted by Crippen LogP contribution is -2.33. The van der Waals surface area contributed by atoms with E-state index in [1.165, 1.54) is 0 Å². The van der Waals surface area contributed by atoms with Crippen LogP contribution in [0.5, 0.6) is 5.75 Å². The van der Waals surface area contributed by atoms with Gasteiger partial charge in [-0.05, 0) is 29.2 Å². The van der Waals surface area contributed by atoms with Crippen LogP contribution in [-0.4, -0.2) is 5.78 Å². The molecule has 2 aromatic carbocycles. The smallest absolute Gasteiger partial charge is 0.205 e. The minimum absolute atomic E-state index is 0.00412. The van der Waals surface area contributed by atoms with E-state index in [1.807, 2.05) is 62.4 Å². The summed E-state index contributed by atoms with van der Waals surface area (Å²) in [6.07, 6.45) is 1.01. The summed E-state index contributed by atoms with van der Waals surface area (Å²) in [6.45, 7) is 4.39. The average Bonchev–Trinajstić information content (AvgIpc) is 2.71. The van der Waals surface area contributed by atoms with Gasteiger partial charge in [-0.15, -0.1) is 0 Å². The molecule has 1 aliphatic carbocycles. The lowest BCUT2D eigenvalue weighted by molar-refractivity contribution is -0.119. The van der Waals surface area contributed by atoms with Crippen molar-refractivity contribution in [2.24, 2.45) is 11.1 Å². The molecule has 0 saturated heterocycles. The molecule has 0 radical (unpaired) electrons. The third-order valence-electron chi connectivity index (χ3n) is 5.64. The van der Waals surface area contributed by atoms with Crippen LogP contribution in [0.3, 0.4) is 0 Å². The number of carbonyl (C=O) groups is 1. The number of rotatable bonds is 4. The van der Waals surface area contributed by atoms with Crippen molar-refractivity contribution in [2.75, 3.05) is 0 Å². The summed E-state index contributed by atoms with van der Waals surface area (Å²) < 4.78 is 11.6. The molecule has 1 heterocycles. The second-order valence-corrected chi connectivity index (χ2v) is 9.06. The summed E-state index contributed by atoms with van der Waals surface area (Å²) in [5, 5.41) is 10.4. The number of carbonyl (C=O) groups excluding carboxylic acids is 1. The summed E-state index contributed by atoms with van der Waals surface area (Å²) in [7, 11) is 0. The van der Waals surface area contributed by atoms with Crippen molar-refractivity contribution >= 4 is 17.4 Å². The van der Waals surface area contributed by atoms with Gasteiger partial charge in [0.25, 0.3) is 0 Å². The summed E-state index contributed by atoms with van der Waals surface area (Å²) in [5.74, 6) is 0.764. The minimum Gasteiger partial charge on any atom is -0.489 e. The Labute approximate surface area is 186 Å². The Hall–Kier alpha value is -3.23. The van der Waals surface area contributed by atoms with E-state index in [0.29, 0.717) is 41.6 Å². The number of ketones is 1. The molecule has 5 nitrogen and oxygen atoms in total. The highest BCUT2D eigenvalue weighted by Crippen LogP contribution is 2.47. The molecule has 4 rings (SSSR count). The molecule has 0 bridgehead atoms. The van der Waals surface area contributed by atoms with Crippen LogP contribution in [0.1, 0.15) is 43.7 Å². The predicted octanol–water partition coefficient (Wildman–Crippen LogP) is 5.37. The maximum absolute atomic E-state index is 13.0. The first-order valence-electron chi connectivity index (χ1n) is 10.1. The minimum atomic E-state index is -0.532. The third kappa shape index (κ3) is 4.17. The molecule has 2 N–H and O–H groups in total. The van der Waals surface area contributed by atoms with Crippen molar-refractivity contribution in [1.29, 1.82) is 5.26 Å². The Morgan fingerprint density at radius 3 is 2.58 bits per heavy atom. The van der Waals surface area contributed by atoms with E-state index in [9.17, 15) is 10.1 Å². The Morgan fingerprint density at radius 1 is 1.19 bits per heavy atom. The van der Waals surface area contributed by atoms with Crippen molar-refractivity contribution in [3.8, 4) is 11.8 Å². The van der Waals surface area contributed by atoms with Gasteiger partial charge < -0.3 is 15.2 Å². The molecule has 2 aromatic rings. The molecule has 6 heteroatoms. The monoisotopic (exact) mass is 434 g/mol. The van der Waals surface area contributed by atoms with Crippen LogP contribution in [-0.2, 0) is 16.1 Å². The number of hydrogen-bond acceptors (Lipinski definition) is 5. The van der Waals surface area contributed by atoms with Gasteiger partial charge in [-0.1, -0.05) is 55.8 Å². The summed E-state index contributed by atoms with van der Waals surface area (Å²) in [5.41, 5.74) is 8.35. The molecule has 2 aliphatic rings. The summed E-state index contributed by atoms with van der Waals surface area (Å²) in [4.78, 5) is 13.0. The fourth-order valence-corrected chi connectivity index (χ4v) is 4.34. The normalized spacial score (nSPS) is 20.1. The Kier molecular flexibility index (Phi) is 5.51. The highest BCUT2D eigenvalue weighted by Gasteiger charge is 2.42. The molecule has 1 aliphatic heterocycles. The van der Waals surface area contributed by atoms with Crippen LogP contribution in [0.4, 0.5) is 0 Å². The van der Waals surface area contributed by atoms with Crippen molar-refractivity contribution in [2.45, 2.75) is 39.2 Å². The zero-order valence-corrected chi connectivity index (χ0v) is 18.2. The van der Waals surface area contributed by atoms with E-state index in [1.54, 1.807) is 0 Å². The standard InChI is InChI=1S/C25H23ClN2O3/c1-25(2)11-20(29)23-21(12-25)31-24(28)18(13-27)22(23)15-7-9-17(10-8-15)30-14-16-5-3-4-6-19(16)26/h3-10,22H,11-12,14,28H2,1-2H3/t22-/m1/s1. The van der Waals surface area contributed by atoms with Gasteiger partial charge in [-0.3, -0.25) is 4.79 Å². The van der Waals surface area contributed by atoms with Gasteiger partial charge >= 0.3 is 0 Å². The fourth-order valence-electron chi connectivity index (χ4n) is 4.15. The number of allylic oxidation sites excluding steroid dienone is 3. The van der Waals surface area contributed by atoms with Gasteiger partial charge in [-0.25, -0.2) is 0 Å². The second kappa shape index (κ2) is 8.13. The molecule has 0 unspecified atom stereocenters. The van der Waals surface area contributed by atoms with E-state index in [-0.39, 0.29) is 22.7 Å². The number of nitrogens with two attached hydrogens (primary N) is 1. The van der Waals surface area contributed by atoms with Crippen molar-refractivity contribution in [3.05, 3.63) is 87.5 Å². The van der Waals surface area contributed by atoms with Gasteiger partial charge in [0.2, 0.25) is 5.88 Å². The Morgan fingerprint density at radius 2 is 1.90 bits per heavy atom. The van der Waals surface area contributed by atoms with Crippen LogP contribution in [0.2, 0.25) is 5.02 Å². The van der Waals surface area contributed by atoms with E-state index in [0.717, 1.165) is 11.1 Å². The predicted molar refractivity (Wildman–Crippen MR) is 118 cm³/mol. The maximum atomic E-state index is 13.0. The van der Waals surface area contributed by atoms with Gasteiger partial charge in [-0.2, -0.15) is 5.26 Å². The number of benzene rings is 2. The molecule has 158 valence electrons. The lowest BCUT2D eigenvalue weighted by atomic mass is 9.70.